The Morgan fingerprint density at radius 2 is 1.95 bits per heavy atom. The molecular formula is C15H17NO3. The number of rotatable bonds is 2. The molecule has 1 aromatic carbocycles. The SMILES string of the molecule is Cc1ccc2c(c1C1(N=C=O)CCCC1)OCCO2. The van der Waals surface area contributed by atoms with Gasteiger partial charge in [0.25, 0.3) is 0 Å². The monoisotopic (exact) mass is 259 g/mol. The number of aryl methyl sites for hydroxylation is 1. The highest BCUT2D eigenvalue weighted by Crippen LogP contribution is 2.50. The second kappa shape index (κ2) is 4.71. The van der Waals surface area contributed by atoms with E-state index >= 15 is 0 Å². The summed E-state index contributed by atoms with van der Waals surface area (Å²) in [4.78, 5) is 15.0. The predicted octanol–water partition coefficient (Wildman–Crippen LogP) is 2.87. The standard InChI is InChI=1S/C15H17NO3/c1-11-4-5-12-14(19-9-8-18-12)13(11)15(16-10-17)6-2-3-7-15/h4-5H,2-3,6-9H2,1H3. The Labute approximate surface area is 112 Å². The third-order valence-corrected chi connectivity index (χ3v) is 4.07. The molecule has 1 heterocycles. The lowest BCUT2D eigenvalue weighted by Crippen LogP contribution is -2.25. The Balaban J connectivity index is 2.20. The van der Waals surface area contributed by atoms with Gasteiger partial charge in [-0.05, 0) is 31.4 Å². The zero-order chi connectivity index (χ0) is 13.3. The van der Waals surface area contributed by atoms with E-state index in [2.05, 4.69) is 4.99 Å². The van der Waals surface area contributed by atoms with Gasteiger partial charge in [0.1, 0.15) is 18.8 Å². The van der Waals surface area contributed by atoms with Crippen molar-refractivity contribution in [3.63, 3.8) is 0 Å². The van der Waals surface area contributed by atoms with Gasteiger partial charge in [0.15, 0.2) is 11.5 Å². The highest BCUT2D eigenvalue weighted by Gasteiger charge is 2.40. The minimum Gasteiger partial charge on any atom is -0.486 e. The van der Waals surface area contributed by atoms with Crippen LogP contribution in [0.25, 0.3) is 0 Å². The molecule has 1 aliphatic heterocycles. The van der Waals surface area contributed by atoms with Crippen molar-refractivity contribution in [3.8, 4) is 11.5 Å². The molecule has 0 atom stereocenters. The van der Waals surface area contributed by atoms with Crippen LogP contribution >= 0.6 is 0 Å². The first-order valence-corrected chi connectivity index (χ1v) is 6.75. The molecule has 0 bridgehead atoms. The van der Waals surface area contributed by atoms with Gasteiger partial charge in [0.05, 0.1) is 0 Å². The van der Waals surface area contributed by atoms with E-state index in [0.717, 1.165) is 48.3 Å². The van der Waals surface area contributed by atoms with Gasteiger partial charge in [-0.25, -0.2) is 4.79 Å². The van der Waals surface area contributed by atoms with Crippen LogP contribution in [0.5, 0.6) is 11.5 Å². The largest absolute Gasteiger partial charge is 0.486 e. The number of hydrogen-bond donors (Lipinski definition) is 0. The van der Waals surface area contributed by atoms with Gasteiger partial charge in [-0.15, -0.1) is 0 Å². The van der Waals surface area contributed by atoms with E-state index in [0.29, 0.717) is 13.2 Å². The van der Waals surface area contributed by atoms with Crippen molar-refractivity contribution in [3.05, 3.63) is 23.3 Å². The smallest absolute Gasteiger partial charge is 0.235 e. The minimum atomic E-state index is -0.460. The molecule has 1 fully saturated rings. The molecule has 0 spiro atoms. The van der Waals surface area contributed by atoms with Gasteiger partial charge < -0.3 is 9.47 Å². The van der Waals surface area contributed by atoms with Crippen molar-refractivity contribution in [2.75, 3.05) is 13.2 Å². The number of ether oxygens (including phenoxy) is 2. The normalized spacial score (nSPS) is 19.8. The molecule has 3 rings (SSSR count). The van der Waals surface area contributed by atoms with E-state index in [1.54, 1.807) is 6.08 Å². The Hall–Kier alpha value is -1.80. The van der Waals surface area contributed by atoms with Crippen LogP contribution in [0.1, 0.15) is 36.8 Å². The predicted molar refractivity (Wildman–Crippen MR) is 70.4 cm³/mol. The van der Waals surface area contributed by atoms with E-state index in [1.807, 2.05) is 19.1 Å². The van der Waals surface area contributed by atoms with E-state index < -0.39 is 5.54 Å². The van der Waals surface area contributed by atoms with Gasteiger partial charge in [-0.3, -0.25) is 0 Å². The molecule has 0 aromatic heterocycles. The van der Waals surface area contributed by atoms with Crippen LogP contribution in [0.15, 0.2) is 17.1 Å². The average Bonchev–Trinajstić information content (AvgIpc) is 2.88. The van der Waals surface area contributed by atoms with Gasteiger partial charge >= 0.3 is 0 Å². The molecule has 0 amide bonds. The van der Waals surface area contributed by atoms with Crippen molar-refractivity contribution in [1.82, 2.24) is 0 Å². The van der Waals surface area contributed by atoms with Crippen LogP contribution < -0.4 is 9.47 Å². The summed E-state index contributed by atoms with van der Waals surface area (Å²) in [5.41, 5.74) is 1.66. The van der Waals surface area contributed by atoms with E-state index in [1.165, 1.54) is 0 Å². The lowest BCUT2D eigenvalue weighted by Gasteiger charge is -2.30. The second-order valence-corrected chi connectivity index (χ2v) is 5.22. The van der Waals surface area contributed by atoms with Crippen LogP contribution in [0.2, 0.25) is 0 Å². The molecule has 0 unspecified atom stereocenters. The van der Waals surface area contributed by atoms with Crippen LogP contribution in [0, 0.1) is 6.92 Å². The first kappa shape index (κ1) is 12.2. The van der Waals surface area contributed by atoms with Crippen molar-refractivity contribution in [1.29, 1.82) is 0 Å². The fourth-order valence-electron chi connectivity index (χ4n) is 3.26. The van der Waals surface area contributed by atoms with Crippen LogP contribution in [0.4, 0.5) is 0 Å². The number of carbonyl (C=O) groups excluding carboxylic acids is 1. The number of aliphatic imine (C=N–C) groups is 1. The minimum absolute atomic E-state index is 0.460. The maximum absolute atomic E-state index is 10.9. The summed E-state index contributed by atoms with van der Waals surface area (Å²) in [5.74, 6) is 1.53. The number of nitrogens with zero attached hydrogens (tertiary/aromatic N) is 1. The average molecular weight is 259 g/mol. The summed E-state index contributed by atoms with van der Waals surface area (Å²) in [7, 11) is 0. The topological polar surface area (TPSA) is 47.9 Å². The fourth-order valence-corrected chi connectivity index (χ4v) is 3.26. The lowest BCUT2D eigenvalue weighted by molar-refractivity contribution is 0.166. The third kappa shape index (κ3) is 1.92. The van der Waals surface area contributed by atoms with Crippen molar-refractivity contribution >= 4 is 6.08 Å². The summed E-state index contributed by atoms with van der Waals surface area (Å²) in [5, 5.41) is 0. The first-order valence-electron chi connectivity index (χ1n) is 6.75. The zero-order valence-electron chi connectivity index (χ0n) is 11.1. The van der Waals surface area contributed by atoms with Crippen molar-refractivity contribution in [2.24, 2.45) is 4.99 Å². The second-order valence-electron chi connectivity index (χ2n) is 5.22. The number of hydrogen-bond acceptors (Lipinski definition) is 4. The number of benzene rings is 1. The summed E-state index contributed by atoms with van der Waals surface area (Å²) in [6, 6.07) is 3.95. The number of isocyanates is 1. The highest BCUT2D eigenvalue weighted by molar-refractivity contribution is 5.56. The molecule has 0 N–H and O–H groups in total. The van der Waals surface area contributed by atoms with E-state index in [9.17, 15) is 4.79 Å². The maximum Gasteiger partial charge on any atom is 0.235 e. The van der Waals surface area contributed by atoms with Crippen LogP contribution in [-0.2, 0) is 10.3 Å². The van der Waals surface area contributed by atoms with Crippen molar-refractivity contribution in [2.45, 2.75) is 38.1 Å². The zero-order valence-corrected chi connectivity index (χ0v) is 11.1. The Morgan fingerprint density at radius 1 is 1.21 bits per heavy atom. The highest BCUT2D eigenvalue weighted by atomic mass is 16.6. The summed E-state index contributed by atoms with van der Waals surface area (Å²) in [6.45, 7) is 3.15. The Kier molecular flexibility index (Phi) is 3.03. The summed E-state index contributed by atoms with van der Waals surface area (Å²) in [6.07, 6.45) is 5.67. The maximum atomic E-state index is 10.9. The van der Waals surface area contributed by atoms with E-state index in [-0.39, 0.29) is 0 Å². The van der Waals surface area contributed by atoms with Gasteiger partial charge in [0, 0.05) is 5.56 Å². The van der Waals surface area contributed by atoms with E-state index in [4.69, 9.17) is 9.47 Å². The van der Waals surface area contributed by atoms with Gasteiger partial charge in [-0.2, -0.15) is 4.99 Å². The van der Waals surface area contributed by atoms with Crippen LogP contribution in [-0.4, -0.2) is 19.3 Å². The number of fused-ring (bicyclic) bond motifs is 1. The summed E-state index contributed by atoms with van der Waals surface area (Å²) < 4.78 is 11.4. The molecule has 4 nitrogen and oxygen atoms in total. The third-order valence-electron chi connectivity index (χ3n) is 4.07. The molecule has 1 aromatic rings. The molecule has 1 aliphatic carbocycles. The molecule has 4 heteroatoms. The fraction of sp³-hybridized carbons (Fsp3) is 0.533. The lowest BCUT2D eigenvalue weighted by atomic mass is 9.84. The molecule has 2 aliphatic rings. The van der Waals surface area contributed by atoms with Crippen molar-refractivity contribution < 1.29 is 14.3 Å². The summed E-state index contributed by atoms with van der Waals surface area (Å²) >= 11 is 0. The van der Waals surface area contributed by atoms with Gasteiger partial charge in [-0.1, -0.05) is 18.9 Å². The van der Waals surface area contributed by atoms with Crippen LogP contribution in [0.3, 0.4) is 0 Å². The molecule has 0 radical (unpaired) electrons. The van der Waals surface area contributed by atoms with Gasteiger partial charge in [0.2, 0.25) is 6.08 Å². The Bertz CT molecular complexity index is 541. The molecule has 19 heavy (non-hydrogen) atoms. The quantitative estimate of drug-likeness (QED) is 0.606. The Morgan fingerprint density at radius 3 is 2.68 bits per heavy atom. The molecule has 1 saturated carbocycles. The molecular weight excluding hydrogens is 242 g/mol. The first-order chi connectivity index (χ1) is 9.27. The molecule has 0 saturated heterocycles. The molecule has 100 valence electrons.